The van der Waals surface area contributed by atoms with Crippen LogP contribution in [0.15, 0.2) is 28.2 Å². The molecule has 0 bridgehead atoms. The first-order valence-corrected chi connectivity index (χ1v) is 8.21. The fourth-order valence-electron chi connectivity index (χ4n) is 1.79. The molecule has 0 amide bonds. The molecule has 1 aromatic carbocycles. The van der Waals surface area contributed by atoms with Gasteiger partial charge in [0.25, 0.3) is 5.56 Å². The predicted molar refractivity (Wildman–Crippen MR) is 82.9 cm³/mol. The molecule has 1 aromatic heterocycles. The van der Waals surface area contributed by atoms with Crippen LogP contribution in [0.4, 0.5) is 0 Å². The van der Waals surface area contributed by atoms with E-state index in [0.29, 0.717) is 29.2 Å². The van der Waals surface area contributed by atoms with Crippen molar-refractivity contribution in [2.45, 2.75) is 11.7 Å². The Morgan fingerprint density at radius 1 is 1.53 bits per heavy atom. The first-order valence-electron chi connectivity index (χ1n) is 5.57. The second kappa shape index (κ2) is 6.21. The Kier molecular flexibility index (Phi) is 4.82. The van der Waals surface area contributed by atoms with Crippen LogP contribution in [-0.4, -0.2) is 34.1 Å². The van der Waals surface area contributed by atoms with Crippen LogP contribution >= 0.6 is 22.6 Å². The number of benzene rings is 1. The van der Waals surface area contributed by atoms with Gasteiger partial charge in [-0.05, 0) is 34.7 Å². The SMILES string of the molecule is COCCn1c([S+](C)[O-])nc2c(I)cccc2c1=O. The van der Waals surface area contributed by atoms with Crippen molar-refractivity contribution in [3.8, 4) is 0 Å². The lowest BCUT2D eigenvalue weighted by Crippen LogP contribution is -2.29. The van der Waals surface area contributed by atoms with E-state index in [2.05, 4.69) is 27.6 Å². The molecule has 0 N–H and O–H groups in total. The van der Waals surface area contributed by atoms with Crippen molar-refractivity contribution < 1.29 is 9.29 Å². The summed E-state index contributed by atoms with van der Waals surface area (Å²) >= 11 is 0.795. The van der Waals surface area contributed by atoms with Crippen molar-refractivity contribution in [3.05, 3.63) is 32.1 Å². The summed E-state index contributed by atoms with van der Waals surface area (Å²) in [6.07, 6.45) is 1.52. The molecule has 1 heterocycles. The van der Waals surface area contributed by atoms with Crippen molar-refractivity contribution in [2.24, 2.45) is 0 Å². The molecule has 1 unspecified atom stereocenters. The van der Waals surface area contributed by atoms with Gasteiger partial charge in [-0.15, -0.1) is 0 Å². The first-order chi connectivity index (χ1) is 9.06. The minimum Gasteiger partial charge on any atom is -0.609 e. The molecule has 0 aliphatic rings. The van der Waals surface area contributed by atoms with Gasteiger partial charge in [-0.3, -0.25) is 4.79 Å². The Morgan fingerprint density at radius 2 is 2.26 bits per heavy atom. The molecule has 0 saturated heterocycles. The van der Waals surface area contributed by atoms with Gasteiger partial charge in [0.15, 0.2) is 0 Å². The molecule has 0 saturated carbocycles. The van der Waals surface area contributed by atoms with E-state index < -0.39 is 11.2 Å². The number of hydrogen-bond donors (Lipinski definition) is 0. The molecular formula is C12H13IN2O3S. The molecule has 1 atom stereocenters. The fraction of sp³-hybridized carbons (Fsp3) is 0.333. The molecule has 5 nitrogen and oxygen atoms in total. The van der Waals surface area contributed by atoms with Crippen molar-refractivity contribution in [1.82, 2.24) is 9.55 Å². The van der Waals surface area contributed by atoms with Crippen LogP contribution in [0.25, 0.3) is 10.9 Å². The maximum Gasteiger partial charge on any atom is 0.326 e. The lowest BCUT2D eigenvalue weighted by Gasteiger charge is -2.13. The van der Waals surface area contributed by atoms with Crippen molar-refractivity contribution in [2.75, 3.05) is 20.0 Å². The van der Waals surface area contributed by atoms with E-state index in [-0.39, 0.29) is 5.56 Å². The lowest BCUT2D eigenvalue weighted by molar-refractivity contribution is 0.183. The van der Waals surface area contributed by atoms with Crippen molar-refractivity contribution in [3.63, 3.8) is 0 Å². The highest BCUT2D eigenvalue weighted by atomic mass is 127. The molecule has 7 heteroatoms. The zero-order valence-electron chi connectivity index (χ0n) is 10.6. The molecule has 0 aliphatic heterocycles. The molecule has 19 heavy (non-hydrogen) atoms. The number of methoxy groups -OCH3 is 1. The largest absolute Gasteiger partial charge is 0.609 e. The number of halogens is 1. The van der Waals surface area contributed by atoms with Crippen LogP contribution in [0.5, 0.6) is 0 Å². The monoisotopic (exact) mass is 392 g/mol. The molecular weight excluding hydrogens is 379 g/mol. The van der Waals surface area contributed by atoms with Gasteiger partial charge < -0.3 is 9.29 Å². The Balaban J connectivity index is 2.74. The smallest absolute Gasteiger partial charge is 0.326 e. The zero-order chi connectivity index (χ0) is 14.0. The molecule has 0 radical (unpaired) electrons. The number of para-hydroxylation sites is 1. The third-order valence-electron chi connectivity index (χ3n) is 2.68. The number of aromatic nitrogens is 2. The first kappa shape index (κ1) is 14.8. The van der Waals surface area contributed by atoms with E-state index >= 15 is 0 Å². The summed E-state index contributed by atoms with van der Waals surface area (Å²) in [4.78, 5) is 16.8. The van der Waals surface area contributed by atoms with Crippen LogP contribution in [0.3, 0.4) is 0 Å². The van der Waals surface area contributed by atoms with Crippen molar-refractivity contribution >= 4 is 44.7 Å². The highest BCUT2D eigenvalue weighted by Crippen LogP contribution is 2.17. The van der Waals surface area contributed by atoms with Crippen LogP contribution in [0, 0.1) is 3.57 Å². The zero-order valence-corrected chi connectivity index (χ0v) is 13.5. The maximum atomic E-state index is 12.4. The van der Waals surface area contributed by atoms with Gasteiger partial charge in [0.1, 0.15) is 6.26 Å². The summed E-state index contributed by atoms with van der Waals surface area (Å²) in [5.74, 6) is 0. The average molecular weight is 392 g/mol. The maximum absolute atomic E-state index is 12.4. The van der Waals surface area contributed by atoms with E-state index in [9.17, 15) is 9.35 Å². The number of nitrogens with zero attached hydrogens (tertiary/aromatic N) is 2. The third-order valence-corrected chi connectivity index (χ3v) is 4.37. The summed E-state index contributed by atoms with van der Waals surface area (Å²) in [5, 5.41) is 0.830. The summed E-state index contributed by atoms with van der Waals surface area (Å²) in [6, 6.07) is 5.42. The topological polar surface area (TPSA) is 67.2 Å². The normalized spacial score (nSPS) is 12.8. The molecule has 0 fully saturated rings. The number of ether oxygens (including phenoxy) is 1. The van der Waals surface area contributed by atoms with Crippen LogP contribution in [0.1, 0.15) is 0 Å². The second-order valence-corrected chi connectivity index (χ2v) is 6.37. The lowest BCUT2D eigenvalue weighted by atomic mass is 10.2. The Bertz CT molecular complexity index is 657. The molecule has 2 rings (SSSR count). The van der Waals surface area contributed by atoms with Crippen LogP contribution in [0.2, 0.25) is 0 Å². The summed E-state index contributed by atoms with van der Waals surface area (Å²) in [7, 11) is 1.56. The van der Waals surface area contributed by atoms with E-state index in [1.807, 2.05) is 12.1 Å². The Labute approximate surface area is 127 Å². The summed E-state index contributed by atoms with van der Waals surface area (Å²) in [5.41, 5.74) is 0.428. The van der Waals surface area contributed by atoms with Gasteiger partial charge in [0.2, 0.25) is 0 Å². The van der Waals surface area contributed by atoms with Gasteiger partial charge in [0, 0.05) is 21.9 Å². The number of fused-ring (bicyclic) bond motifs is 1. The molecule has 2 aromatic rings. The fourth-order valence-corrected chi connectivity index (χ4v) is 3.11. The van der Waals surface area contributed by atoms with Gasteiger partial charge in [-0.25, -0.2) is 4.57 Å². The van der Waals surface area contributed by atoms with Gasteiger partial charge in [-0.1, -0.05) is 6.07 Å². The van der Waals surface area contributed by atoms with Crippen LogP contribution in [-0.2, 0) is 22.5 Å². The van der Waals surface area contributed by atoms with Gasteiger partial charge >= 0.3 is 5.16 Å². The minimum atomic E-state index is -1.33. The van der Waals surface area contributed by atoms with Gasteiger partial charge in [0.05, 0.1) is 24.1 Å². The predicted octanol–water partition coefficient (Wildman–Crippen LogP) is 1.38. The third kappa shape index (κ3) is 2.93. The number of hydrogen-bond acceptors (Lipinski definition) is 4. The average Bonchev–Trinajstić information content (AvgIpc) is 2.38. The highest BCUT2D eigenvalue weighted by molar-refractivity contribution is 14.1. The van der Waals surface area contributed by atoms with E-state index in [1.54, 1.807) is 13.2 Å². The van der Waals surface area contributed by atoms with E-state index in [4.69, 9.17) is 4.74 Å². The van der Waals surface area contributed by atoms with Crippen LogP contribution < -0.4 is 5.56 Å². The van der Waals surface area contributed by atoms with E-state index in [1.165, 1.54) is 10.8 Å². The van der Waals surface area contributed by atoms with Gasteiger partial charge in [-0.2, -0.15) is 4.98 Å². The summed E-state index contributed by atoms with van der Waals surface area (Å²) in [6.45, 7) is 0.722. The van der Waals surface area contributed by atoms with Crippen molar-refractivity contribution in [1.29, 1.82) is 0 Å². The quantitative estimate of drug-likeness (QED) is 0.448. The highest BCUT2D eigenvalue weighted by Gasteiger charge is 2.19. The molecule has 0 aliphatic carbocycles. The summed E-state index contributed by atoms with van der Waals surface area (Å²) < 4.78 is 19.1. The molecule has 0 spiro atoms. The second-order valence-electron chi connectivity index (χ2n) is 3.93. The standard InChI is InChI=1S/C12H13IN2O3S/c1-18-7-6-15-11(16)8-4-3-5-9(13)10(8)14-12(15)19(2)17/h3-5H,6-7H2,1-2H3. The van der Waals surface area contributed by atoms with E-state index in [0.717, 1.165) is 3.57 Å². The minimum absolute atomic E-state index is 0.175. The Morgan fingerprint density at radius 3 is 2.89 bits per heavy atom. The Hall–Kier alpha value is -0.640. The number of rotatable bonds is 4. The molecule has 102 valence electrons.